The molecule has 0 saturated heterocycles. The topological polar surface area (TPSA) is 62.6 Å². The van der Waals surface area contributed by atoms with E-state index in [1.54, 1.807) is 18.4 Å². The highest BCUT2D eigenvalue weighted by molar-refractivity contribution is 7.89. The summed E-state index contributed by atoms with van der Waals surface area (Å²) >= 11 is 5.86. The summed E-state index contributed by atoms with van der Waals surface area (Å²) in [5, 5.41) is 0.521. The number of rotatable bonds is 6. The van der Waals surface area contributed by atoms with Crippen molar-refractivity contribution in [3.8, 4) is 0 Å². The van der Waals surface area contributed by atoms with Crippen LogP contribution < -0.4 is 4.72 Å². The molecule has 0 radical (unpaired) electrons. The van der Waals surface area contributed by atoms with Crippen molar-refractivity contribution < 1.29 is 12.8 Å². The lowest BCUT2D eigenvalue weighted by atomic mass is 9.90. The van der Waals surface area contributed by atoms with Crippen LogP contribution in [0.25, 0.3) is 0 Å². The second-order valence-corrected chi connectivity index (χ2v) is 8.68. The van der Waals surface area contributed by atoms with E-state index in [4.69, 9.17) is 16.0 Å². The lowest BCUT2D eigenvalue weighted by Gasteiger charge is -2.37. The van der Waals surface area contributed by atoms with Gasteiger partial charge >= 0.3 is 0 Å². The molecule has 1 aromatic carbocycles. The van der Waals surface area contributed by atoms with E-state index in [-0.39, 0.29) is 17.0 Å². The van der Waals surface area contributed by atoms with Gasteiger partial charge in [-0.15, -0.1) is 0 Å². The summed E-state index contributed by atoms with van der Waals surface area (Å²) in [4.78, 5) is 2.42. The maximum absolute atomic E-state index is 12.7. The first-order valence-corrected chi connectivity index (χ1v) is 10.3. The molecule has 0 spiro atoms. The molecule has 2 aromatic rings. The first-order chi connectivity index (χ1) is 12.0. The highest BCUT2D eigenvalue weighted by Crippen LogP contribution is 2.25. The normalized spacial score (nSPS) is 21.6. The van der Waals surface area contributed by atoms with Crippen LogP contribution in [0.2, 0.25) is 5.02 Å². The summed E-state index contributed by atoms with van der Waals surface area (Å²) in [6.45, 7) is 0.664. The molecule has 1 aliphatic rings. The molecule has 0 amide bonds. The van der Waals surface area contributed by atoms with Gasteiger partial charge in [-0.2, -0.15) is 0 Å². The summed E-state index contributed by atoms with van der Waals surface area (Å²) in [6.07, 6.45) is 5.58. The van der Waals surface area contributed by atoms with Crippen LogP contribution in [0.4, 0.5) is 0 Å². The largest absolute Gasteiger partial charge is 0.468 e. The highest BCUT2D eigenvalue weighted by Gasteiger charge is 2.32. The monoisotopic (exact) mass is 382 g/mol. The summed E-state index contributed by atoms with van der Waals surface area (Å²) in [5.41, 5.74) is 0. The van der Waals surface area contributed by atoms with Crippen molar-refractivity contribution in [2.24, 2.45) is 0 Å². The SMILES string of the molecule is CN(Cc1ccco1)C1CCCCC1NS(=O)(=O)c1ccc(Cl)cc1. The van der Waals surface area contributed by atoms with E-state index < -0.39 is 10.0 Å². The van der Waals surface area contributed by atoms with E-state index in [9.17, 15) is 8.42 Å². The third-order valence-electron chi connectivity index (χ3n) is 4.71. The van der Waals surface area contributed by atoms with E-state index in [0.29, 0.717) is 11.6 Å². The van der Waals surface area contributed by atoms with Crippen molar-refractivity contribution in [3.05, 3.63) is 53.4 Å². The molecular formula is C18H23ClN2O3S. The number of hydrogen-bond donors (Lipinski definition) is 1. The van der Waals surface area contributed by atoms with E-state index >= 15 is 0 Å². The molecular weight excluding hydrogens is 360 g/mol. The molecule has 25 heavy (non-hydrogen) atoms. The molecule has 1 aromatic heterocycles. The summed E-state index contributed by atoms with van der Waals surface area (Å²) in [5.74, 6) is 0.882. The predicted octanol–water partition coefficient (Wildman–Crippen LogP) is 3.65. The molecule has 2 unspecified atom stereocenters. The van der Waals surface area contributed by atoms with Gasteiger partial charge in [0.15, 0.2) is 0 Å². The third kappa shape index (κ3) is 4.64. The number of nitrogens with one attached hydrogen (secondary N) is 1. The van der Waals surface area contributed by atoms with Gasteiger partial charge in [-0.05, 0) is 56.3 Å². The van der Waals surface area contributed by atoms with Gasteiger partial charge in [-0.1, -0.05) is 24.4 Å². The Morgan fingerprint density at radius 1 is 1.20 bits per heavy atom. The van der Waals surface area contributed by atoms with Crippen LogP contribution in [-0.4, -0.2) is 32.4 Å². The van der Waals surface area contributed by atoms with Gasteiger partial charge < -0.3 is 4.42 Å². The second-order valence-electron chi connectivity index (χ2n) is 6.53. The Hall–Kier alpha value is -1.34. The molecule has 7 heteroatoms. The van der Waals surface area contributed by atoms with Crippen LogP contribution in [0, 0.1) is 0 Å². The Bertz CT molecular complexity index is 775. The van der Waals surface area contributed by atoms with Crippen molar-refractivity contribution >= 4 is 21.6 Å². The van der Waals surface area contributed by atoms with Crippen LogP contribution >= 0.6 is 11.6 Å². The number of hydrogen-bond acceptors (Lipinski definition) is 4. The minimum absolute atomic E-state index is 0.116. The van der Waals surface area contributed by atoms with Gasteiger partial charge in [0.25, 0.3) is 0 Å². The smallest absolute Gasteiger partial charge is 0.240 e. The third-order valence-corrected chi connectivity index (χ3v) is 6.47. The molecule has 1 heterocycles. The number of halogens is 1. The van der Waals surface area contributed by atoms with Gasteiger partial charge in [0, 0.05) is 17.1 Å². The van der Waals surface area contributed by atoms with E-state index in [0.717, 1.165) is 31.4 Å². The Morgan fingerprint density at radius 2 is 1.92 bits per heavy atom. The minimum atomic E-state index is -3.56. The molecule has 136 valence electrons. The zero-order chi connectivity index (χ0) is 17.9. The molecule has 3 rings (SSSR count). The number of sulfonamides is 1. The van der Waals surface area contributed by atoms with Crippen LogP contribution in [0.15, 0.2) is 52.0 Å². The molecule has 2 atom stereocenters. The first-order valence-electron chi connectivity index (χ1n) is 8.46. The number of benzene rings is 1. The van der Waals surface area contributed by atoms with E-state index in [2.05, 4.69) is 9.62 Å². The zero-order valence-electron chi connectivity index (χ0n) is 14.2. The average Bonchev–Trinajstić information content (AvgIpc) is 3.08. The Labute approximate surface area is 154 Å². The van der Waals surface area contributed by atoms with Crippen molar-refractivity contribution in [3.63, 3.8) is 0 Å². The quantitative estimate of drug-likeness (QED) is 0.828. The molecule has 1 saturated carbocycles. The fourth-order valence-corrected chi connectivity index (χ4v) is 4.85. The van der Waals surface area contributed by atoms with Crippen LogP contribution in [0.3, 0.4) is 0 Å². The Kier molecular flexibility index (Phi) is 5.84. The van der Waals surface area contributed by atoms with E-state index in [1.165, 1.54) is 12.1 Å². The van der Waals surface area contributed by atoms with Gasteiger partial charge in [0.2, 0.25) is 10.0 Å². The predicted molar refractivity (Wildman–Crippen MR) is 98.0 cm³/mol. The van der Waals surface area contributed by atoms with Gasteiger partial charge in [0.1, 0.15) is 5.76 Å². The summed E-state index contributed by atoms with van der Waals surface area (Å²) in [6, 6.07) is 10.1. The van der Waals surface area contributed by atoms with Crippen molar-refractivity contribution in [1.29, 1.82) is 0 Å². The van der Waals surface area contributed by atoms with E-state index in [1.807, 2.05) is 19.2 Å². The van der Waals surface area contributed by atoms with Crippen molar-refractivity contribution in [2.75, 3.05) is 7.05 Å². The molecule has 1 N–H and O–H groups in total. The van der Waals surface area contributed by atoms with Crippen molar-refractivity contribution in [1.82, 2.24) is 9.62 Å². The zero-order valence-corrected chi connectivity index (χ0v) is 15.8. The molecule has 0 aliphatic heterocycles. The van der Waals surface area contributed by atoms with Gasteiger partial charge in [-0.25, -0.2) is 13.1 Å². The summed E-state index contributed by atoms with van der Waals surface area (Å²) in [7, 11) is -1.55. The highest BCUT2D eigenvalue weighted by atomic mass is 35.5. The van der Waals surface area contributed by atoms with Crippen LogP contribution in [-0.2, 0) is 16.6 Å². The van der Waals surface area contributed by atoms with Crippen LogP contribution in [0.5, 0.6) is 0 Å². The molecule has 5 nitrogen and oxygen atoms in total. The lowest BCUT2D eigenvalue weighted by Crippen LogP contribution is -2.51. The maximum Gasteiger partial charge on any atom is 0.240 e. The standard InChI is InChI=1S/C18H23ClN2O3S/c1-21(13-15-5-4-12-24-15)18-7-3-2-6-17(18)20-25(22,23)16-10-8-14(19)9-11-16/h4-5,8-12,17-18,20H,2-3,6-7,13H2,1H3. The Morgan fingerprint density at radius 3 is 2.60 bits per heavy atom. The fraction of sp³-hybridized carbons (Fsp3) is 0.444. The minimum Gasteiger partial charge on any atom is -0.468 e. The average molecular weight is 383 g/mol. The lowest BCUT2D eigenvalue weighted by molar-refractivity contribution is 0.145. The maximum atomic E-state index is 12.7. The molecule has 1 aliphatic carbocycles. The number of likely N-dealkylation sites (N-methyl/N-ethyl adjacent to an activating group) is 1. The number of nitrogens with zero attached hydrogens (tertiary/aromatic N) is 1. The summed E-state index contributed by atoms with van der Waals surface area (Å²) < 4.78 is 33.7. The Balaban J connectivity index is 1.73. The van der Waals surface area contributed by atoms with Gasteiger partial charge in [0.05, 0.1) is 17.7 Å². The van der Waals surface area contributed by atoms with Gasteiger partial charge in [-0.3, -0.25) is 4.90 Å². The number of furan rings is 1. The second kappa shape index (κ2) is 7.91. The molecule has 0 bridgehead atoms. The van der Waals surface area contributed by atoms with Crippen molar-refractivity contribution in [2.45, 2.75) is 49.2 Å². The fourth-order valence-electron chi connectivity index (χ4n) is 3.42. The molecule has 1 fully saturated rings. The van der Waals surface area contributed by atoms with Crippen LogP contribution in [0.1, 0.15) is 31.4 Å². The first kappa shape index (κ1) is 18.5.